The first-order valence-electron chi connectivity index (χ1n) is 9.99. The van der Waals surface area contributed by atoms with E-state index in [2.05, 4.69) is 40.1 Å². The Morgan fingerprint density at radius 2 is 1.85 bits per heavy atom. The van der Waals surface area contributed by atoms with Crippen molar-refractivity contribution in [1.29, 1.82) is 0 Å². The Labute approximate surface area is 185 Å². The number of fused-ring (bicyclic) bond motifs is 2. The number of pyridine rings is 2. The van der Waals surface area contributed by atoms with E-state index in [0.717, 1.165) is 22.0 Å². The first kappa shape index (κ1) is 19.0. The quantitative estimate of drug-likeness (QED) is 0.424. The van der Waals surface area contributed by atoms with Gasteiger partial charge in [-0.3, -0.25) is 10.1 Å². The minimum absolute atomic E-state index is 0.391. The number of hydrogen-bond acceptors (Lipinski definition) is 7. The van der Waals surface area contributed by atoms with Crippen LogP contribution in [-0.2, 0) is 0 Å². The van der Waals surface area contributed by atoms with E-state index < -0.39 is 5.82 Å². The molecule has 10 heteroatoms. The van der Waals surface area contributed by atoms with Crippen molar-refractivity contribution in [2.45, 2.75) is 0 Å². The number of nitrogens with one attached hydrogen (secondary N) is 2. The van der Waals surface area contributed by atoms with Gasteiger partial charge in [0, 0.05) is 41.2 Å². The third-order valence-corrected chi connectivity index (χ3v) is 5.34. The monoisotopic (exact) mass is 438 g/mol. The second-order valence-corrected chi connectivity index (χ2v) is 7.34. The van der Waals surface area contributed by atoms with Gasteiger partial charge in [-0.05, 0) is 29.8 Å². The molecule has 0 unspecified atom stereocenters. The highest BCUT2D eigenvalue weighted by atomic mass is 19.1. The first-order valence-corrected chi connectivity index (χ1v) is 9.99. The second-order valence-electron chi connectivity index (χ2n) is 7.34. The van der Waals surface area contributed by atoms with E-state index in [1.165, 1.54) is 25.6 Å². The second kappa shape index (κ2) is 7.45. The number of ether oxygens (including phenoxy) is 1. The Hall–Kier alpha value is -4.73. The molecule has 0 aliphatic rings. The van der Waals surface area contributed by atoms with Gasteiger partial charge >= 0.3 is 0 Å². The Balaban J connectivity index is 1.50. The van der Waals surface area contributed by atoms with Gasteiger partial charge in [0.1, 0.15) is 23.6 Å². The molecule has 0 radical (unpaired) electrons. The number of benzene rings is 1. The number of methoxy groups -OCH3 is 1. The van der Waals surface area contributed by atoms with Crippen LogP contribution in [0.5, 0.6) is 5.75 Å². The van der Waals surface area contributed by atoms with Gasteiger partial charge in [0.15, 0.2) is 11.5 Å². The molecular formula is C23H15FN8O. The van der Waals surface area contributed by atoms with Gasteiger partial charge in [0.2, 0.25) is 0 Å². The van der Waals surface area contributed by atoms with Crippen LogP contribution < -0.4 is 4.74 Å². The summed E-state index contributed by atoms with van der Waals surface area (Å²) in [5, 5.41) is 8.26. The number of H-pyrrole nitrogens is 2. The van der Waals surface area contributed by atoms with Gasteiger partial charge < -0.3 is 9.72 Å². The van der Waals surface area contributed by atoms with Crippen molar-refractivity contribution in [2.24, 2.45) is 0 Å². The molecule has 2 N–H and O–H groups in total. The molecule has 0 spiro atoms. The third-order valence-electron chi connectivity index (χ3n) is 5.34. The standard InChI is InChI=1S/C23H15FN8O/c1-33-15-5-12(4-14(24)6-15)16-2-3-27-22-20(16)29-23(30-22)21-17-7-18(13-8-25-11-26-9-13)28-10-19(17)31-32-21/h2-11H,1H3,(H,31,32)(H,27,29,30). The molecule has 0 saturated heterocycles. The summed E-state index contributed by atoms with van der Waals surface area (Å²) < 4.78 is 19.3. The molecule has 5 aromatic heterocycles. The smallest absolute Gasteiger partial charge is 0.178 e. The SMILES string of the molecule is COc1cc(F)cc(-c2ccnc3nc(-c4n[nH]c5cnc(-c6cncnc6)cc45)[nH]c23)c1. The van der Waals surface area contributed by atoms with Gasteiger partial charge in [0.05, 0.1) is 30.0 Å². The lowest BCUT2D eigenvalue weighted by molar-refractivity contribution is 0.411. The maximum Gasteiger partial charge on any atom is 0.178 e. The highest BCUT2D eigenvalue weighted by Crippen LogP contribution is 2.33. The Morgan fingerprint density at radius 3 is 2.70 bits per heavy atom. The zero-order chi connectivity index (χ0) is 22.4. The first-order chi connectivity index (χ1) is 16.2. The zero-order valence-electron chi connectivity index (χ0n) is 17.2. The largest absolute Gasteiger partial charge is 0.497 e. The Bertz CT molecular complexity index is 1630. The van der Waals surface area contributed by atoms with Crippen LogP contribution in [0.3, 0.4) is 0 Å². The van der Waals surface area contributed by atoms with E-state index in [0.29, 0.717) is 39.7 Å². The Morgan fingerprint density at radius 1 is 0.970 bits per heavy atom. The summed E-state index contributed by atoms with van der Waals surface area (Å²) in [4.78, 5) is 24.9. The maximum atomic E-state index is 14.1. The lowest BCUT2D eigenvalue weighted by Crippen LogP contribution is -1.88. The van der Waals surface area contributed by atoms with E-state index >= 15 is 0 Å². The summed E-state index contributed by atoms with van der Waals surface area (Å²) >= 11 is 0. The average Bonchev–Trinajstić information content (AvgIpc) is 3.47. The fourth-order valence-corrected chi connectivity index (χ4v) is 3.79. The predicted molar refractivity (Wildman–Crippen MR) is 120 cm³/mol. The molecule has 0 aliphatic carbocycles. The maximum absolute atomic E-state index is 14.1. The zero-order valence-corrected chi connectivity index (χ0v) is 17.2. The summed E-state index contributed by atoms with van der Waals surface area (Å²) in [7, 11) is 1.50. The number of rotatable bonds is 4. The van der Waals surface area contributed by atoms with E-state index in [9.17, 15) is 4.39 Å². The molecule has 0 saturated carbocycles. The number of aromatic nitrogens is 8. The summed E-state index contributed by atoms with van der Waals surface area (Å²) in [6.45, 7) is 0. The van der Waals surface area contributed by atoms with Crippen LogP contribution in [0.4, 0.5) is 4.39 Å². The molecule has 1 aromatic carbocycles. The molecule has 160 valence electrons. The molecule has 33 heavy (non-hydrogen) atoms. The lowest BCUT2D eigenvalue weighted by Gasteiger charge is -2.06. The number of imidazole rings is 1. The van der Waals surface area contributed by atoms with Crippen molar-refractivity contribution in [3.05, 3.63) is 67.3 Å². The topological polar surface area (TPSA) is 118 Å². The van der Waals surface area contributed by atoms with E-state index in [1.807, 2.05) is 6.07 Å². The van der Waals surface area contributed by atoms with Gasteiger partial charge in [0.25, 0.3) is 0 Å². The number of nitrogens with zero attached hydrogens (tertiary/aromatic N) is 6. The van der Waals surface area contributed by atoms with Crippen LogP contribution in [-0.4, -0.2) is 47.2 Å². The number of hydrogen-bond donors (Lipinski definition) is 2. The van der Waals surface area contributed by atoms with Crippen molar-refractivity contribution in [1.82, 2.24) is 40.1 Å². The van der Waals surface area contributed by atoms with Gasteiger partial charge in [-0.2, -0.15) is 5.10 Å². The molecule has 6 rings (SSSR count). The minimum atomic E-state index is -0.391. The summed E-state index contributed by atoms with van der Waals surface area (Å²) in [5.74, 6) is 0.566. The van der Waals surface area contributed by atoms with Crippen molar-refractivity contribution >= 4 is 22.1 Å². The minimum Gasteiger partial charge on any atom is -0.497 e. The predicted octanol–water partition coefficient (Wildman–Crippen LogP) is 4.17. The molecule has 0 atom stereocenters. The van der Waals surface area contributed by atoms with Crippen LogP contribution >= 0.6 is 0 Å². The molecule has 5 heterocycles. The molecule has 0 amide bonds. The van der Waals surface area contributed by atoms with Crippen molar-refractivity contribution < 1.29 is 9.13 Å². The lowest BCUT2D eigenvalue weighted by atomic mass is 10.1. The van der Waals surface area contributed by atoms with Crippen molar-refractivity contribution in [2.75, 3.05) is 7.11 Å². The molecule has 0 bridgehead atoms. The average molecular weight is 438 g/mol. The normalized spacial score (nSPS) is 11.3. The van der Waals surface area contributed by atoms with Crippen LogP contribution in [0.25, 0.3) is 56.0 Å². The number of halogens is 1. The van der Waals surface area contributed by atoms with Crippen LogP contribution in [0.2, 0.25) is 0 Å². The van der Waals surface area contributed by atoms with E-state index in [1.54, 1.807) is 36.9 Å². The highest BCUT2D eigenvalue weighted by Gasteiger charge is 2.17. The molecule has 9 nitrogen and oxygen atoms in total. The fraction of sp³-hybridized carbons (Fsp3) is 0.0435. The van der Waals surface area contributed by atoms with E-state index in [-0.39, 0.29) is 0 Å². The van der Waals surface area contributed by atoms with Crippen LogP contribution in [0.1, 0.15) is 0 Å². The van der Waals surface area contributed by atoms with Gasteiger partial charge in [-0.25, -0.2) is 24.3 Å². The summed E-state index contributed by atoms with van der Waals surface area (Å²) in [6.07, 6.45) is 8.22. The summed E-state index contributed by atoms with van der Waals surface area (Å²) in [5.41, 5.74) is 5.44. The van der Waals surface area contributed by atoms with Crippen molar-refractivity contribution in [3.8, 4) is 39.7 Å². The molecule has 6 aromatic rings. The molecule has 0 aliphatic heterocycles. The summed E-state index contributed by atoms with van der Waals surface area (Å²) in [6, 6.07) is 8.26. The van der Waals surface area contributed by atoms with Crippen LogP contribution in [0, 0.1) is 5.82 Å². The van der Waals surface area contributed by atoms with Crippen molar-refractivity contribution in [3.63, 3.8) is 0 Å². The highest BCUT2D eigenvalue weighted by molar-refractivity contribution is 5.96. The molecule has 0 fully saturated rings. The van der Waals surface area contributed by atoms with Crippen LogP contribution in [0.15, 0.2) is 61.4 Å². The molecular weight excluding hydrogens is 423 g/mol. The Kier molecular flexibility index (Phi) is 4.29. The fourth-order valence-electron chi connectivity index (χ4n) is 3.79. The van der Waals surface area contributed by atoms with E-state index in [4.69, 9.17) is 4.74 Å². The third kappa shape index (κ3) is 3.24. The van der Waals surface area contributed by atoms with Gasteiger partial charge in [-0.15, -0.1) is 0 Å². The van der Waals surface area contributed by atoms with Gasteiger partial charge in [-0.1, -0.05) is 0 Å². The number of aromatic amines is 2.